The monoisotopic (exact) mass is 409 g/mol. The molecule has 2 aromatic carbocycles. The molecule has 1 atom stereocenters. The van der Waals surface area contributed by atoms with Crippen molar-refractivity contribution in [2.75, 3.05) is 12.4 Å². The van der Waals surface area contributed by atoms with Gasteiger partial charge in [-0.2, -0.15) is 0 Å². The molecule has 7 heteroatoms. The van der Waals surface area contributed by atoms with Gasteiger partial charge in [-0.3, -0.25) is 9.59 Å². The van der Waals surface area contributed by atoms with E-state index >= 15 is 0 Å². The molecule has 3 aromatic rings. The molecule has 0 aliphatic heterocycles. The predicted molar refractivity (Wildman–Crippen MR) is 113 cm³/mol. The van der Waals surface area contributed by atoms with Crippen molar-refractivity contribution in [1.29, 1.82) is 0 Å². The number of esters is 1. The van der Waals surface area contributed by atoms with Gasteiger partial charge in [0.05, 0.1) is 22.8 Å². The summed E-state index contributed by atoms with van der Waals surface area (Å²) in [7, 11) is 1.92. The van der Waals surface area contributed by atoms with Crippen LogP contribution in [0.5, 0.6) is 0 Å². The number of thioether (sulfide) groups is 1. The first-order chi connectivity index (χ1) is 14.1. The molecular weight excluding hydrogens is 386 g/mol. The summed E-state index contributed by atoms with van der Waals surface area (Å²) in [6.07, 6.45) is 2.98. The lowest BCUT2D eigenvalue weighted by Crippen LogP contribution is -2.34. The molecule has 1 aliphatic rings. The molecule has 1 amide bonds. The fourth-order valence-electron chi connectivity index (χ4n) is 3.70. The lowest BCUT2D eigenvalue weighted by atomic mass is 9.88. The molecule has 1 aliphatic carbocycles. The highest BCUT2D eigenvalue weighted by atomic mass is 32.2. The van der Waals surface area contributed by atoms with Crippen LogP contribution in [0.3, 0.4) is 0 Å². The molecule has 0 bridgehead atoms. The number of nitrogens with one attached hydrogen (secondary N) is 1. The number of benzene rings is 2. The van der Waals surface area contributed by atoms with E-state index in [1.165, 1.54) is 17.3 Å². The van der Waals surface area contributed by atoms with Gasteiger partial charge in [0.15, 0.2) is 11.8 Å². The molecule has 0 saturated carbocycles. The number of rotatable bonds is 6. The standard InChI is InChI=1S/C22H23N3O3S/c1-25-19-12-5-4-10-18(19)24-22(25)29-14-21(27)28-13-20(26)23-17-11-6-8-15-7-2-3-9-16(15)17/h2-5,7,9-10,12,17H,6,8,11,13-14H2,1H3,(H,23,26)/t17-/m0/s1. The maximum atomic E-state index is 12.3. The molecule has 29 heavy (non-hydrogen) atoms. The molecule has 1 aromatic heterocycles. The van der Waals surface area contributed by atoms with E-state index in [4.69, 9.17) is 4.74 Å². The van der Waals surface area contributed by atoms with Crippen LogP contribution in [-0.2, 0) is 27.8 Å². The van der Waals surface area contributed by atoms with Gasteiger partial charge in [0.1, 0.15) is 0 Å². The number of amides is 1. The van der Waals surface area contributed by atoms with Crippen molar-refractivity contribution in [3.05, 3.63) is 59.7 Å². The highest BCUT2D eigenvalue weighted by Gasteiger charge is 2.22. The predicted octanol–water partition coefficient (Wildman–Crippen LogP) is 3.40. The molecular formula is C22H23N3O3S. The molecule has 0 saturated heterocycles. The summed E-state index contributed by atoms with van der Waals surface area (Å²) in [5.41, 5.74) is 4.34. The van der Waals surface area contributed by atoms with Crippen molar-refractivity contribution in [2.24, 2.45) is 7.05 Å². The Balaban J connectivity index is 1.26. The molecule has 1 heterocycles. The number of aryl methyl sites for hydroxylation is 2. The second-order valence-corrected chi connectivity index (χ2v) is 8.05. The van der Waals surface area contributed by atoms with Crippen LogP contribution < -0.4 is 5.32 Å². The Morgan fingerprint density at radius 1 is 1.21 bits per heavy atom. The Labute approximate surface area is 173 Å². The van der Waals surface area contributed by atoms with Gasteiger partial charge in [0.25, 0.3) is 5.91 Å². The molecule has 4 rings (SSSR count). The fourth-order valence-corrected chi connectivity index (χ4v) is 4.49. The highest BCUT2D eigenvalue weighted by molar-refractivity contribution is 7.99. The minimum Gasteiger partial charge on any atom is -0.455 e. The van der Waals surface area contributed by atoms with E-state index in [2.05, 4.69) is 22.4 Å². The van der Waals surface area contributed by atoms with Crippen LogP contribution in [0.2, 0.25) is 0 Å². The average molecular weight is 410 g/mol. The number of fused-ring (bicyclic) bond motifs is 2. The zero-order valence-electron chi connectivity index (χ0n) is 16.3. The van der Waals surface area contributed by atoms with Crippen LogP contribution in [-0.4, -0.2) is 33.8 Å². The van der Waals surface area contributed by atoms with Crippen molar-refractivity contribution in [3.63, 3.8) is 0 Å². The third-order valence-electron chi connectivity index (χ3n) is 5.13. The number of nitrogens with zero attached hydrogens (tertiary/aromatic N) is 2. The van der Waals surface area contributed by atoms with Crippen molar-refractivity contribution in [3.8, 4) is 0 Å². The Kier molecular flexibility index (Phi) is 5.85. The zero-order valence-corrected chi connectivity index (χ0v) is 17.1. The summed E-state index contributed by atoms with van der Waals surface area (Å²) in [6.45, 7) is -0.263. The van der Waals surface area contributed by atoms with Gasteiger partial charge in [-0.15, -0.1) is 0 Å². The van der Waals surface area contributed by atoms with Gasteiger partial charge in [-0.25, -0.2) is 4.98 Å². The number of hydrogen-bond acceptors (Lipinski definition) is 5. The van der Waals surface area contributed by atoms with Gasteiger partial charge >= 0.3 is 5.97 Å². The summed E-state index contributed by atoms with van der Waals surface area (Å²) >= 11 is 1.30. The second-order valence-electron chi connectivity index (χ2n) is 7.10. The second kappa shape index (κ2) is 8.69. The van der Waals surface area contributed by atoms with Crippen LogP contribution in [0.25, 0.3) is 11.0 Å². The summed E-state index contributed by atoms with van der Waals surface area (Å²) in [5.74, 6) is -0.592. The molecule has 0 unspecified atom stereocenters. The number of hydrogen-bond donors (Lipinski definition) is 1. The molecule has 0 radical (unpaired) electrons. The fraction of sp³-hybridized carbons (Fsp3) is 0.318. The van der Waals surface area contributed by atoms with E-state index in [0.717, 1.165) is 41.0 Å². The minimum atomic E-state index is -0.429. The van der Waals surface area contributed by atoms with Crippen LogP contribution in [0.4, 0.5) is 0 Å². The summed E-state index contributed by atoms with van der Waals surface area (Å²) in [4.78, 5) is 28.9. The SMILES string of the molecule is Cn1c(SCC(=O)OCC(=O)N[C@H]2CCCc3ccccc32)nc2ccccc21. The lowest BCUT2D eigenvalue weighted by Gasteiger charge is -2.26. The van der Waals surface area contributed by atoms with Gasteiger partial charge in [0.2, 0.25) is 0 Å². The quantitative estimate of drug-likeness (QED) is 0.499. The van der Waals surface area contributed by atoms with Crippen molar-refractivity contribution in [2.45, 2.75) is 30.5 Å². The normalized spacial score (nSPS) is 15.7. The number of para-hydroxylation sites is 2. The van der Waals surface area contributed by atoms with Crippen LogP contribution >= 0.6 is 11.8 Å². The maximum absolute atomic E-state index is 12.3. The number of carbonyl (C=O) groups excluding carboxylic acids is 2. The number of aromatic nitrogens is 2. The van der Waals surface area contributed by atoms with E-state index in [1.807, 2.05) is 48.0 Å². The summed E-state index contributed by atoms with van der Waals surface area (Å²) < 4.78 is 7.11. The lowest BCUT2D eigenvalue weighted by molar-refractivity contribution is -0.146. The van der Waals surface area contributed by atoms with Crippen LogP contribution in [0.15, 0.2) is 53.7 Å². The Morgan fingerprint density at radius 3 is 2.86 bits per heavy atom. The first kappa shape index (κ1) is 19.5. The van der Waals surface area contributed by atoms with E-state index in [1.54, 1.807) is 0 Å². The van der Waals surface area contributed by atoms with Crippen molar-refractivity contribution >= 4 is 34.7 Å². The first-order valence-corrected chi connectivity index (χ1v) is 10.7. The topological polar surface area (TPSA) is 73.2 Å². The number of ether oxygens (including phenoxy) is 1. The van der Waals surface area contributed by atoms with Gasteiger partial charge < -0.3 is 14.6 Å². The average Bonchev–Trinajstić information content (AvgIpc) is 3.07. The van der Waals surface area contributed by atoms with Crippen LogP contribution in [0.1, 0.15) is 30.0 Å². The first-order valence-electron chi connectivity index (χ1n) is 9.69. The molecule has 150 valence electrons. The van der Waals surface area contributed by atoms with Gasteiger partial charge in [-0.05, 0) is 42.5 Å². The zero-order chi connectivity index (χ0) is 20.2. The number of imidazole rings is 1. The molecule has 0 fully saturated rings. The largest absolute Gasteiger partial charge is 0.455 e. The van der Waals surface area contributed by atoms with E-state index in [-0.39, 0.29) is 24.3 Å². The van der Waals surface area contributed by atoms with Crippen LogP contribution in [0, 0.1) is 0 Å². The molecule has 6 nitrogen and oxygen atoms in total. The number of carbonyl (C=O) groups is 2. The maximum Gasteiger partial charge on any atom is 0.316 e. The van der Waals surface area contributed by atoms with Gasteiger partial charge in [-0.1, -0.05) is 48.2 Å². The third-order valence-corrected chi connectivity index (χ3v) is 6.14. The van der Waals surface area contributed by atoms with E-state index < -0.39 is 5.97 Å². The summed E-state index contributed by atoms with van der Waals surface area (Å²) in [5, 5.41) is 3.73. The van der Waals surface area contributed by atoms with Crippen molar-refractivity contribution in [1.82, 2.24) is 14.9 Å². The Bertz CT molecular complexity index is 1050. The third kappa shape index (κ3) is 4.45. The van der Waals surface area contributed by atoms with E-state index in [9.17, 15) is 9.59 Å². The minimum absolute atomic E-state index is 0.0134. The van der Waals surface area contributed by atoms with Gasteiger partial charge in [0, 0.05) is 7.05 Å². The molecule has 1 N–H and O–H groups in total. The Morgan fingerprint density at radius 2 is 2.00 bits per heavy atom. The highest BCUT2D eigenvalue weighted by Crippen LogP contribution is 2.29. The Hall–Kier alpha value is -2.80. The van der Waals surface area contributed by atoms with Crippen molar-refractivity contribution < 1.29 is 14.3 Å². The summed E-state index contributed by atoms with van der Waals surface area (Å²) in [6, 6.07) is 16.0. The molecule has 0 spiro atoms. The van der Waals surface area contributed by atoms with E-state index in [0.29, 0.717) is 0 Å². The smallest absolute Gasteiger partial charge is 0.316 e.